The maximum Gasteiger partial charge on any atom is 0.408 e. The lowest BCUT2D eigenvalue weighted by Gasteiger charge is -2.29. The van der Waals surface area contributed by atoms with Crippen molar-refractivity contribution in [1.82, 2.24) is 25.1 Å². The summed E-state index contributed by atoms with van der Waals surface area (Å²) in [7, 11) is 1.30. The highest BCUT2D eigenvalue weighted by Gasteiger charge is 2.39. The number of ether oxygens (including phenoxy) is 3. The van der Waals surface area contributed by atoms with Gasteiger partial charge >= 0.3 is 12.1 Å². The van der Waals surface area contributed by atoms with Gasteiger partial charge in [-0.05, 0) is 58.6 Å². The van der Waals surface area contributed by atoms with Gasteiger partial charge < -0.3 is 39.6 Å². The molecule has 0 saturated carbocycles. The lowest BCUT2D eigenvalue weighted by Crippen LogP contribution is -2.59. The average Bonchev–Trinajstić information content (AvgIpc) is 3.74. The molecule has 1 saturated heterocycles. The molecule has 3 atom stereocenters. The fraction of sp³-hybridized carbons (Fsp3) is 0.444. The van der Waals surface area contributed by atoms with E-state index in [-0.39, 0.29) is 24.9 Å². The summed E-state index contributed by atoms with van der Waals surface area (Å²) in [4.78, 5) is 71.8. The lowest BCUT2D eigenvalue weighted by molar-refractivity contribution is -0.151. The number of methoxy groups -OCH3 is 1. The van der Waals surface area contributed by atoms with Crippen LogP contribution in [0.2, 0.25) is 0 Å². The molecule has 0 spiro atoms. The van der Waals surface area contributed by atoms with Gasteiger partial charge in [0.1, 0.15) is 29.3 Å². The first-order valence-electron chi connectivity index (χ1n) is 16.4. The minimum atomic E-state index is -1.46. The Bertz CT molecular complexity index is 1640. The van der Waals surface area contributed by atoms with Gasteiger partial charge in [0.2, 0.25) is 5.91 Å². The van der Waals surface area contributed by atoms with Gasteiger partial charge in [0.25, 0.3) is 11.8 Å². The normalized spacial score (nSPS) is 15.8. The van der Waals surface area contributed by atoms with Crippen LogP contribution in [0.1, 0.15) is 64.6 Å². The number of esters is 1. The molecule has 50 heavy (non-hydrogen) atoms. The molecule has 1 aliphatic rings. The Kier molecular flexibility index (Phi) is 12.4. The quantitative estimate of drug-likeness (QED) is 0.227. The zero-order valence-electron chi connectivity index (χ0n) is 29.3. The molecule has 14 nitrogen and oxygen atoms in total. The Hall–Kier alpha value is -5.24. The molecule has 268 valence electrons. The third-order valence-electron chi connectivity index (χ3n) is 7.91. The second-order valence-corrected chi connectivity index (χ2v) is 13.5. The SMILES string of the molecule is COC(=O)[C@@H]1CCCN1C(=O)C(c1ccccc1)n1cnc(NC(=O)[C@H](COCc2ccccc2)NC(=O)C(C)(C)NC(=O)OC(C)(C)C)c1. The van der Waals surface area contributed by atoms with Gasteiger partial charge in [-0.3, -0.25) is 14.4 Å². The summed E-state index contributed by atoms with van der Waals surface area (Å²) in [6, 6.07) is 15.6. The highest BCUT2D eigenvalue weighted by atomic mass is 16.6. The molecule has 4 amide bonds. The van der Waals surface area contributed by atoms with Crippen LogP contribution in [0.4, 0.5) is 10.6 Å². The molecular weight excluding hydrogens is 644 g/mol. The molecule has 0 bridgehead atoms. The van der Waals surface area contributed by atoms with Crippen molar-refractivity contribution in [2.75, 3.05) is 25.6 Å². The first kappa shape index (κ1) is 37.6. The summed E-state index contributed by atoms with van der Waals surface area (Å²) >= 11 is 0. The molecule has 0 radical (unpaired) electrons. The van der Waals surface area contributed by atoms with Crippen LogP contribution in [-0.4, -0.2) is 87.7 Å². The van der Waals surface area contributed by atoms with Crippen LogP contribution in [0, 0.1) is 0 Å². The minimum absolute atomic E-state index is 0.114. The van der Waals surface area contributed by atoms with Crippen molar-refractivity contribution in [2.45, 2.75) is 83.3 Å². The van der Waals surface area contributed by atoms with Crippen molar-refractivity contribution in [3.05, 3.63) is 84.3 Å². The molecule has 1 aromatic heterocycles. The van der Waals surface area contributed by atoms with Gasteiger partial charge in [0, 0.05) is 12.7 Å². The first-order valence-corrected chi connectivity index (χ1v) is 16.4. The van der Waals surface area contributed by atoms with Crippen molar-refractivity contribution in [3.63, 3.8) is 0 Å². The third kappa shape index (κ3) is 10.1. The van der Waals surface area contributed by atoms with Crippen molar-refractivity contribution in [1.29, 1.82) is 0 Å². The number of nitrogens with zero attached hydrogens (tertiary/aromatic N) is 3. The van der Waals surface area contributed by atoms with E-state index in [9.17, 15) is 24.0 Å². The molecule has 0 aliphatic carbocycles. The number of anilines is 1. The predicted molar refractivity (Wildman–Crippen MR) is 184 cm³/mol. The molecular formula is C36H46N6O8. The number of amides is 4. The fourth-order valence-electron chi connectivity index (χ4n) is 5.41. The van der Waals surface area contributed by atoms with Crippen molar-refractivity contribution in [3.8, 4) is 0 Å². The lowest BCUT2D eigenvalue weighted by atomic mass is 10.0. The van der Waals surface area contributed by atoms with E-state index in [0.717, 1.165) is 5.56 Å². The van der Waals surface area contributed by atoms with Gasteiger partial charge in [-0.15, -0.1) is 0 Å². The van der Waals surface area contributed by atoms with E-state index in [1.165, 1.54) is 38.4 Å². The first-order chi connectivity index (χ1) is 23.7. The molecule has 3 aromatic rings. The van der Waals surface area contributed by atoms with E-state index >= 15 is 0 Å². The van der Waals surface area contributed by atoms with Crippen molar-refractivity contribution in [2.24, 2.45) is 0 Å². The number of hydrogen-bond donors (Lipinski definition) is 3. The van der Waals surface area contributed by atoms with E-state index in [0.29, 0.717) is 24.9 Å². The van der Waals surface area contributed by atoms with Gasteiger partial charge in [0.15, 0.2) is 5.82 Å². The largest absolute Gasteiger partial charge is 0.467 e. The monoisotopic (exact) mass is 690 g/mol. The number of carbonyl (C=O) groups is 5. The van der Waals surface area contributed by atoms with E-state index in [4.69, 9.17) is 14.2 Å². The van der Waals surface area contributed by atoms with Crippen molar-refractivity contribution >= 4 is 35.6 Å². The zero-order chi connectivity index (χ0) is 36.5. The summed E-state index contributed by atoms with van der Waals surface area (Å²) < 4.78 is 17.6. The maximum absolute atomic E-state index is 14.0. The van der Waals surface area contributed by atoms with Crippen LogP contribution in [0.15, 0.2) is 73.2 Å². The Morgan fingerprint density at radius 2 is 1.62 bits per heavy atom. The highest BCUT2D eigenvalue weighted by Crippen LogP contribution is 2.28. The second kappa shape index (κ2) is 16.4. The number of imidazole rings is 1. The number of carbonyl (C=O) groups excluding carboxylic acids is 5. The molecule has 1 unspecified atom stereocenters. The topological polar surface area (TPSA) is 170 Å². The van der Waals surface area contributed by atoms with E-state index in [1.54, 1.807) is 49.6 Å². The summed E-state index contributed by atoms with van der Waals surface area (Å²) in [5, 5.41) is 7.93. The number of nitrogens with one attached hydrogen (secondary N) is 3. The Balaban J connectivity index is 1.53. The Morgan fingerprint density at radius 3 is 2.26 bits per heavy atom. The molecule has 4 rings (SSSR count). The molecule has 2 heterocycles. The summed E-state index contributed by atoms with van der Waals surface area (Å²) in [6.07, 6.45) is 3.28. The number of benzene rings is 2. The minimum Gasteiger partial charge on any atom is -0.467 e. The maximum atomic E-state index is 14.0. The summed E-state index contributed by atoms with van der Waals surface area (Å²) in [5.41, 5.74) is -0.715. The van der Waals surface area contributed by atoms with Gasteiger partial charge in [-0.1, -0.05) is 60.7 Å². The van der Waals surface area contributed by atoms with Crippen LogP contribution < -0.4 is 16.0 Å². The van der Waals surface area contributed by atoms with Crippen LogP contribution in [0.25, 0.3) is 0 Å². The number of rotatable bonds is 13. The Labute approximate surface area is 291 Å². The van der Waals surface area contributed by atoms with Gasteiger partial charge in [-0.25, -0.2) is 14.6 Å². The van der Waals surface area contributed by atoms with Crippen molar-refractivity contribution < 1.29 is 38.2 Å². The van der Waals surface area contributed by atoms with Crippen LogP contribution in [-0.2, 0) is 40.0 Å². The number of hydrogen-bond acceptors (Lipinski definition) is 9. The fourth-order valence-corrected chi connectivity index (χ4v) is 5.41. The van der Waals surface area contributed by atoms with Crippen LogP contribution in [0.3, 0.4) is 0 Å². The summed E-state index contributed by atoms with van der Waals surface area (Å²) in [5.74, 6) is -1.98. The van der Waals surface area contributed by atoms with E-state index in [1.807, 2.05) is 36.4 Å². The van der Waals surface area contributed by atoms with E-state index in [2.05, 4.69) is 20.9 Å². The molecule has 14 heteroatoms. The third-order valence-corrected chi connectivity index (χ3v) is 7.91. The van der Waals surface area contributed by atoms with Gasteiger partial charge in [-0.2, -0.15) is 0 Å². The number of aromatic nitrogens is 2. The van der Waals surface area contributed by atoms with Crippen LogP contribution >= 0.6 is 0 Å². The second-order valence-electron chi connectivity index (χ2n) is 13.5. The molecule has 2 aromatic carbocycles. The van der Waals surface area contributed by atoms with Gasteiger partial charge in [0.05, 0.1) is 26.7 Å². The molecule has 1 fully saturated rings. The zero-order valence-corrected chi connectivity index (χ0v) is 29.3. The predicted octanol–water partition coefficient (Wildman–Crippen LogP) is 3.58. The molecule has 1 aliphatic heterocycles. The highest BCUT2D eigenvalue weighted by molar-refractivity contribution is 5.98. The Morgan fingerprint density at radius 1 is 0.960 bits per heavy atom. The van der Waals surface area contributed by atoms with Crippen LogP contribution in [0.5, 0.6) is 0 Å². The smallest absolute Gasteiger partial charge is 0.408 e. The number of likely N-dealkylation sites (tertiary alicyclic amines) is 1. The molecule has 3 N–H and O–H groups in total. The van der Waals surface area contributed by atoms with E-state index < -0.39 is 53.1 Å². The number of alkyl carbamates (subject to hydrolysis) is 1. The summed E-state index contributed by atoms with van der Waals surface area (Å²) in [6.45, 7) is 8.45. The average molecular weight is 691 g/mol. The standard InChI is InChI=1S/C36H46N6O8/c1-35(2,3)50-34(47)40-36(4,5)33(46)38-26(22-49-21-24-14-9-7-10-15-24)30(43)39-28-20-41(23-37-28)29(25-16-11-8-12-17-25)31(44)42-19-13-18-27(42)32(45)48-6/h7-12,14-17,20,23,26-27,29H,13,18-19,21-22H2,1-6H3,(H,38,46)(H,39,43)(H,40,47)/t26-,27-,29?/m0/s1.